The molecule has 2 N–H and O–H groups in total. The van der Waals surface area contributed by atoms with Gasteiger partial charge in [0.05, 0.1) is 30.7 Å². The van der Waals surface area contributed by atoms with Crippen LogP contribution in [0.1, 0.15) is 54.1 Å². The van der Waals surface area contributed by atoms with Gasteiger partial charge in [0.15, 0.2) is 5.60 Å². The van der Waals surface area contributed by atoms with Crippen molar-refractivity contribution in [2.45, 2.75) is 44.8 Å². The first kappa shape index (κ1) is 34.5. The second-order valence-electron chi connectivity index (χ2n) is 12.7. The van der Waals surface area contributed by atoms with Crippen LogP contribution >= 0.6 is 0 Å². The van der Waals surface area contributed by atoms with Gasteiger partial charge in [0, 0.05) is 55.0 Å². The van der Waals surface area contributed by atoms with Crippen LogP contribution in [0.3, 0.4) is 0 Å². The molecule has 0 unspecified atom stereocenters. The normalized spacial score (nSPS) is 17.1. The third-order valence-corrected chi connectivity index (χ3v) is 9.62. The maximum atomic E-state index is 14.2. The Labute approximate surface area is 291 Å². The predicted molar refractivity (Wildman–Crippen MR) is 191 cm³/mol. The summed E-state index contributed by atoms with van der Waals surface area (Å²) in [5, 5.41) is 23.8. The molecule has 6 rings (SSSR count). The standard InChI is InChI=1S/C40H41N3O7/c1-27(11-8-18-35(45)41(23-24-44)26-28-12-4-3-5-13-28)40(49)32-25-30(20-21-33(32)42(39(40)48)22-7-6-19-36(46)50-2)43-34-17-10-15-29-14-9-16-31(37(29)34)38(43)47/h3-5,8-17,20-21,25,27,44,49H,6-7,18-19,22-24,26H2,1-2H3/b11-8+/t27-,40+/m0/s1. The quantitative estimate of drug-likeness (QED) is 0.101. The molecule has 2 aliphatic heterocycles. The first-order valence-electron chi connectivity index (χ1n) is 16.9. The van der Waals surface area contributed by atoms with Crippen LogP contribution in [-0.4, -0.2) is 65.6 Å². The van der Waals surface area contributed by atoms with Crippen molar-refractivity contribution in [1.29, 1.82) is 0 Å². The average molecular weight is 676 g/mol. The predicted octanol–water partition coefficient (Wildman–Crippen LogP) is 5.61. The maximum Gasteiger partial charge on any atom is 0.305 e. The van der Waals surface area contributed by atoms with Crippen LogP contribution in [0.2, 0.25) is 0 Å². The molecule has 2 atom stereocenters. The summed E-state index contributed by atoms with van der Waals surface area (Å²) in [4.78, 5) is 57.6. The highest BCUT2D eigenvalue weighted by Gasteiger charge is 2.52. The van der Waals surface area contributed by atoms with Crippen LogP contribution in [0.15, 0.2) is 97.1 Å². The molecule has 0 saturated carbocycles. The number of methoxy groups -OCH3 is 1. The molecule has 0 saturated heterocycles. The highest BCUT2D eigenvalue weighted by atomic mass is 16.5. The molecule has 0 aliphatic carbocycles. The Balaban J connectivity index is 1.29. The number of rotatable bonds is 14. The number of nitrogens with zero attached hydrogens (tertiary/aromatic N) is 3. The number of carbonyl (C=O) groups is 4. The molecule has 10 nitrogen and oxygen atoms in total. The summed E-state index contributed by atoms with van der Waals surface area (Å²) < 4.78 is 4.75. The van der Waals surface area contributed by atoms with Crippen molar-refractivity contribution in [3.05, 3.63) is 114 Å². The number of ether oxygens (including phenoxy) is 1. The van der Waals surface area contributed by atoms with Crippen molar-refractivity contribution in [1.82, 2.24) is 4.90 Å². The van der Waals surface area contributed by atoms with E-state index < -0.39 is 17.4 Å². The van der Waals surface area contributed by atoms with Gasteiger partial charge in [0.1, 0.15) is 0 Å². The van der Waals surface area contributed by atoms with E-state index in [1.54, 1.807) is 53.1 Å². The van der Waals surface area contributed by atoms with E-state index in [1.807, 2.05) is 60.7 Å². The van der Waals surface area contributed by atoms with Gasteiger partial charge in [-0.3, -0.25) is 24.1 Å². The van der Waals surface area contributed by atoms with Gasteiger partial charge in [-0.05, 0) is 54.1 Å². The Morgan fingerprint density at radius 3 is 2.46 bits per heavy atom. The van der Waals surface area contributed by atoms with Crippen LogP contribution in [0.4, 0.5) is 17.1 Å². The lowest BCUT2D eigenvalue weighted by Crippen LogP contribution is -2.44. The van der Waals surface area contributed by atoms with E-state index in [4.69, 9.17) is 4.74 Å². The number of unbranched alkanes of at least 4 members (excludes halogenated alkanes) is 1. The monoisotopic (exact) mass is 675 g/mol. The largest absolute Gasteiger partial charge is 0.469 e. The summed E-state index contributed by atoms with van der Waals surface area (Å²) in [6, 6.07) is 26.1. The number of hydrogen-bond acceptors (Lipinski definition) is 7. The minimum absolute atomic E-state index is 0.0100. The molecule has 0 aromatic heterocycles. The van der Waals surface area contributed by atoms with Crippen LogP contribution in [0.5, 0.6) is 0 Å². The van der Waals surface area contributed by atoms with Crippen LogP contribution in [-0.2, 0) is 31.3 Å². The van der Waals surface area contributed by atoms with Gasteiger partial charge in [-0.1, -0.05) is 73.7 Å². The summed E-state index contributed by atoms with van der Waals surface area (Å²) in [5.41, 5.74) is 1.65. The number of anilines is 3. The summed E-state index contributed by atoms with van der Waals surface area (Å²) in [6.45, 7) is 2.33. The van der Waals surface area contributed by atoms with Gasteiger partial charge >= 0.3 is 5.97 Å². The minimum Gasteiger partial charge on any atom is -0.469 e. The van der Waals surface area contributed by atoms with Crippen LogP contribution < -0.4 is 9.80 Å². The Hall–Kier alpha value is -5.32. The second-order valence-corrected chi connectivity index (χ2v) is 12.7. The van der Waals surface area contributed by atoms with Crippen molar-refractivity contribution >= 4 is 51.5 Å². The van der Waals surface area contributed by atoms with Crippen molar-refractivity contribution < 1.29 is 34.1 Å². The van der Waals surface area contributed by atoms with Gasteiger partial charge < -0.3 is 24.7 Å². The van der Waals surface area contributed by atoms with Gasteiger partial charge in [-0.15, -0.1) is 0 Å². The molecule has 10 heteroatoms. The van der Waals surface area contributed by atoms with Crippen LogP contribution in [0.25, 0.3) is 10.8 Å². The summed E-state index contributed by atoms with van der Waals surface area (Å²) in [5.74, 6) is -2.01. The number of amides is 3. The number of hydrogen-bond donors (Lipinski definition) is 2. The SMILES string of the molecule is COC(=O)CCCCN1C(=O)[C@@](O)([C@@H](C)/C=C/CC(=O)N(CCO)Cc2ccccc2)c2cc(N3C(=O)c4cccc5cccc3c45)ccc21. The first-order chi connectivity index (χ1) is 24.2. The van der Waals surface area contributed by atoms with E-state index in [1.165, 1.54) is 12.0 Å². The Morgan fingerprint density at radius 2 is 1.72 bits per heavy atom. The van der Waals surface area contributed by atoms with Gasteiger partial charge in [0.2, 0.25) is 5.91 Å². The second kappa shape index (κ2) is 14.7. The number of aliphatic hydroxyl groups excluding tert-OH is 1. The molecule has 2 heterocycles. The van der Waals surface area contributed by atoms with Crippen molar-refractivity contribution in [2.75, 3.05) is 36.6 Å². The highest BCUT2D eigenvalue weighted by Crippen LogP contribution is 2.49. The number of esters is 1. The van der Waals surface area contributed by atoms with E-state index in [0.717, 1.165) is 22.0 Å². The Morgan fingerprint density at radius 1 is 0.960 bits per heavy atom. The molecular formula is C40H41N3O7. The molecule has 50 heavy (non-hydrogen) atoms. The van der Waals surface area contributed by atoms with Crippen molar-refractivity contribution in [3.8, 4) is 0 Å². The molecule has 4 aromatic rings. The summed E-state index contributed by atoms with van der Waals surface area (Å²) in [7, 11) is 1.33. The fourth-order valence-electron chi connectivity index (χ4n) is 6.97. The molecule has 0 spiro atoms. The molecule has 0 fully saturated rings. The third kappa shape index (κ3) is 6.39. The summed E-state index contributed by atoms with van der Waals surface area (Å²) >= 11 is 0. The van der Waals surface area contributed by atoms with E-state index in [9.17, 15) is 29.4 Å². The maximum absolute atomic E-state index is 14.2. The van der Waals surface area contributed by atoms with Gasteiger partial charge in [-0.25, -0.2) is 0 Å². The minimum atomic E-state index is -2.00. The fourth-order valence-corrected chi connectivity index (χ4v) is 6.97. The van der Waals surface area contributed by atoms with Crippen LogP contribution in [0, 0.1) is 5.92 Å². The average Bonchev–Trinajstić information content (AvgIpc) is 3.54. The lowest BCUT2D eigenvalue weighted by Gasteiger charge is -2.28. The zero-order valence-electron chi connectivity index (χ0n) is 28.2. The molecule has 0 bridgehead atoms. The Bertz CT molecular complexity index is 1950. The lowest BCUT2D eigenvalue weighted by atomic mass is 9.82. The smallest absolute Gasteiger partial charge is 0.305 e. The van der Waals surface area contributed by atoms with E-state index in [0.29, 0.717) is 41.9 Å². The fraction of sp³-hybridized carbons (Fsp3) is 0.300. The van der Waals surface area contributed by atoms with Crippen molar-refractivity contribution in [2.24, 2.45) is 5.92 Å². The molecule has 258 valence electrons. The van der Waals surface area contributed by atoms with Gasteiger partial charge in [-0.2, -0.15) is 0 Å². The number of aliphatic hydroxyl groups is 2. The topological polar surface area (TPSA) is 128 Å². The number of benzene rings is 4. The molecule has 3 amide bonds. The van der Waals surface area contributed by atoms with E-state index in [2.05, 4.69) is 0 Å². The molecule has 2 aliphatic rings. The molecule has 4 aromatic carbocycles. The Kier molecular flexibility index (Phi) is 10.1. The number of carbonyl (C=O) groups excluding carboxylic acids is 4. The van der Waals surface area contributed by atoms with E-state index >= 15 is 0 Å². The molecular weight excluding hydrogens is 634 g/mol. The zero-order valence-corrected chi connectivity index (χ0v) is 28.2. The molecule has 0 radical (unpaired) electrons. The van der Waals surface area contributed by atoms with E-state index in [-0.39, 0.29) is 50.3 Å². The third-order valence-electron chi connectivity index (χ3n) is 9.62. The zero-order chi connectivity index (χ0) is 35.4. The highest BCUT2D eigenvalue weighted by molar-refractivity contribution is 6.28. The number of fused-ring (bicyclic) bond motifs is 1. The first-order valence-corrected chi connectivity index (χ1v) is 16.9. The summed E-state index contributed by atoms with van der Waals surface area (Å²) in [6.07, 6.45) is 4.54. The lowest BCUT2D eigenvalue weighted by molar-refractivity contribution is -0.140. The van der Waals surface area contributed by atoms with Gasteiger partial charge in [0.25, 0.3) is 11.8 Å². The van der Waals surface area contributed by atoms with Crippen molar-refractivity contribution in [3.63, 3.8) is 0 Å².